The lowest BCUT2D eigenvalue weighted by Gasteiger charge is -2.34. The Balaban J connectivity index is 1.72. The molecule has 0 radical (unpaired) electrons. The number of aryl methyl sites for hydroxylation is 3. The van der Waals surface area contributed by atoms with Crippen molar-refractivity contribution in [1.82, 2.24) is 10.2 Å². The topological polar surface area (TPSA) is 86.8 Å². The molecule has 1 saturated carbocycles. The van der Waals surface area contributed by atoms with E-state index < -0.39 is 28.5 Å². The van der Waals surface area contributed by atoms with Crippen molar-refractivity contribution in [2.24, 2.45) is 0 Å². The quantitative estimate of drug-likeness (QED) is 0.319. The molecular formula is C33H41N3O4S. The second-order valence-electron chi connectivity index (χ2n) is 11.0. The van der Waals surface area contributed by atoms with Gasteiger partial charge in [0.1, 0.15) is 12.6 Å². The van der Waals surface area contributed by atoms with Gasteiger partial charge in [0, 0.05) is 12.6 Å². The van der Waals surface area contributed by atoms with Crippen LogP contribution in [0.2, 0.25) is 0 Å². The van der Waals surface area contributed by atoms with Crippen molar-refractivity contribution in [2.45, 2.75) is 83.3 Å². The first-order valence-corrected chi connectivity index (χ1v) is 15.8. The SMILES string of the molecule is CC[C@@H](C(=O)NC1CCCC1)N(Cc1ccccc1C)C(=O)CN(c1cccc(C)c1)S(=O)(=O)c1ccc(C)cc1. The minimum atomic E-state index is -4.08. The van der Waals surface area contributed by atoms with Crippen LogP contribution in [-0.2, 0) is 26.2 Å². The van der Waals surface area contributed by atoms with E-state index in [0.717, 1.165) is 47.9 Å². The van der Waals surface area contributed by atoms with Gasteiger partial charge in [0.2, 0.25) is 11.8 Å². The van der Waals surface area contributed by atoms with Gasteiger partial charge < -0.3 is 10.2 Å². The molecule has 0 heterocycles. The number of anilines is 1. The summed E-state index contributed by atoms with van der Waals surface area (Å²) in [6.45, 7) is 7.40. The molecule has 1 N–H and O–H groups in total. The number of sulfonamides is 1. The lowest BCUT2D eigenvalue weighted by atomic mass is 10.1. The Morgan fingerprint density at radius 1 is 0.902 bits per heavy atom. The molecule has 0 bridgehead atoms. The van der Waals surface area contributed by atoms with E-state index >= 15 is 0 Å². The van der Waals surface area contributed by atoms with E-state index in [9.17, 15) is 18.0 Å². The molecule has 1 aliphatic rings. The molecular weight excluding hydrogens is 534 g/mol. The smallest absolute Gasteiger partial charge is 0.264 e. The number of carbonyl (C=O) groups excluding carboxylic acids is 2. The number of rotatable bonds is 11. The highest BCUT2D eigenvalue weighted by atomic mass is 32.2. The van der Waals surface area contributed by atoms with Crippen LogP contribution in [0.25, 0.3) is 0 Å². The molecule has 8 heteroatoms. The Morgan fingerprint density at radius 3 is 2.22 bits per heavy atom. The number of benzene rings is 3. The number of nitrogens with one attached hydrogen (secondary N) is 1. The van der Waals surface area contributed by atoms with Crippen LogP contribution in [0.3, 0.4) is 0 Å². The molecule has 0 aliphatic heterocycles. The summed E-state index contributed by atoms with van der Waals surface area (Å²) in [5.41, 5.74) is 4.12. The van der Waals surface area contributed by atoms with Crippen LogP contribution in [0.15, 0.2) is 77.7 Å². The van der Waals surface area contributed by atoms with E-state index in [1.165, 1.54) is 4.31 Å². The Hall–Kier alpha value is -3.65. The Bertz CT molecular complexity index is 1460. The summed E-state index contributed by atoms with van der Waals surface area (Å²) in [5.74, 6) is -0.622. The fourth-order valence-corrected chi connectivity index (χ4v) is 6.81. The van der Waals surface area contributed by atoms with Crippen molar-refractivity contribution in [3.05, 3.63) is 95.1 Å². The van der Waals surface area contributed by atoms with E-state index in [4.69, 9.17) is 0 Å². The van der Waals surface area contributed by atoms with E-state index in [2.05, 4.69) is 5.32 Å². The average molecular weight is 576 g/mol. The first kappa shape index (κ1) is 30.3. The molecule has 1 aliphatic carbocycles. The molecule has 41 heavy (non-hydrogen) atoms. The number of nitrogens with zero attached hydrogens (tertiary/aromatic N) is 2. The summed E-state index contributed by atoms with van der Waals surface area (Å²) in [7, 11) is -4.08. The summed E-state index contributed by atoms with van der Waals surface area (Å²) in [6.07, 6.45) is 4.44. The maximum absolute atomic E-state index is 14.2. The third kappa shape index (κ3) is 7.36. The van der Waals surface area contributed by atoms with Crippen LogP contribution in [0, 0.1) is 20.8 Å². The van der Waals surface area contributed by atoms with Gasteiger partial charge in [-0.05, 0) is 81.0 Å². The molecule has 1 atom stereocenters. The second kappa shape index (κ2) is 13.3. The summed E-state index contributed by atoms with van der Waals surface area (Å²) < 4.78 is 29.2. The van der Waals surface area contributed by atoms with Crippen molar-refractivity contribution < 1.29 is 18.0 Å². The van der Waals surface area contributed by atoms with Crippen LogP contribution < -0.4 is 9.62 Å². The van der Waals surface area contributed by atoms with E-state index in [0.29, 0.717) is 12.1 Å². The van der Waals surface area contributed by atoms with Gasteiger partial charge in [0.05, 0.1) is 10.6 Å². The molecule has 0 spiro atoms. The predicted octanol–water partition coefficient (Wildman–Crippen LogP) is 5.67. The first-order chi connectivity index (χ1) is 19.6. The van der Waals surface area contributed by atoms with Gasteiger partial charge in [0.15, 0.2) is 0 Å². The van der Waals surface area contributed by atoms with Crippen LogP contribution in [0.4, 0.5) is 5.69 Å². The monoisotopic (exact) mass is 575 g/mol. The average Bonchev–Trinajstić information content (AvgIpc) is 3.45. The van der Waals surface area contributed by atoms with Crippen LogP contribution >= 0.6 is 0 Å². The maximum Gasteiger partial charge on any atom is 0.264 e. The Labute approximate surface area is 244 Å². The molecule has 218 valence electrons. The van der Waals surface area contributed by atoms with Crippen molar-refractivity contribution in [2.75, 3.05) is 10.8 Å². The number of carbonyl (C=O) groups is 2. The third-order valence-electron chi connectivity index (χ3n) is 7.87. The van der Waals surface area contributed by atoms with Crippen molar-refractivity contribution >= 4 is 27.5 Å². The fourth-order valence-electron chi connectivity index (χ4n) is 5.41. The summed E-state index contributed by atoms with van der Waals surface area (Å²) in [4.78, 5) is 29.5. The van der Waals surface area contributed by atoms with Crippen LogP contribution in [0.5, 0.6) is 0 Å². The highest BCUT2D eigenvalue weighted by Gasteiger charge is 2.34. The lowest BCUT2D eigenvalue weighted by Crippen LogP contribution is -2.53. The van der Waals surface area contributed by atoms with E-state index in [-0.39, 0.29) is 23.4 Å². The molecule has 1 fully saturated rings. The van der Waals surface area contributed by atoms with Crippen LogP contribution in [-0.4, -0.2) is 43.8 Å². The highest BCUT2D eigenvalue weighted by molar-refractivity contribution is 7.92. The Morgan fingerprint density at radius 2 is 1.59 bits per heavy atom. The van der Waals surface area contributed by atoms with Gasteiger partial charge >= 0.3 is 0 Å². The number of hydrogen-bond donors (Lipinski definition) is 1. The van der Waals surface area contributed by atoms with Gasteiger partial charge in [-0.15, -0.1) is 0 Å². The molecule has 0 saturated heterocycles. The highest BCUT2D eigenvalue weighted by Crippen LogP contribution is 2.26. The summed E-state index contributed by atoms with van der Waals surface area (Å²) in [5, 5.41) is 3.15. The van der Waals surface area contributed by atoms with Gasteiger partial charge in [-0.1, -0.05) is 73.9 Å². The van der Waals surface area contributed by atoms with Gasteiger partial charge in [-0.3, -0.25) is 13.9 Å². The standard InChI is InChI=1S/C33H41N3O4S/c1-5-31(33(38)34-28-14-8-9-15-28)35(22-27-13-7-6-12-26(27)4)32(37)23-36(29-16-10-11-25(3)21-29)41(39,40)30-19-17-24(2)18-20-30/h6-7,10-13,16-21,28,31H,5,8-9,14-15,22-23H2,1-4H3,(H,34,38)/t31-/m0/s1. The zero-order chi connectivity index (χ0) is 29.6. The minimum Gasteiger partial charge on any atom is -0.352 e. The van der Waals surface area contributed by atoms with Crippen molar-refractivity contribution in [3.8, 4) is 0 Å². The van der Waals surface area contributed by atoms with Crippen molar-refractivity contribution in [3.63, 3.8) is 0 Å². The fraction of sp³-hybridized carbons (Fsp3) is 0.394. The van der Waals surface area contributed by atoms with E-state index in [1.54, 1.807) is 47.4 Å². The first-order valence-electron chi connectivity index (χ1n) is 14.4. The molecule has 2 amide bonds. The van der Waals surface area contributed by atoms with Gasteiger partial charge in [0.25, 0.3) is 10.0 Å². The van der Waals surface area contributed by atoms with Crippen LogP contribution in [0.1, 0.15) is 61.3 Å². The van der Waals surface area contributed by atoms with Gasteiger partial charge in [-0.25, -0.2) is 8.42 Å². The zero-order valence-corrected chi connectivity index (χ0v) is 25.3. The number of hydrogen-bond acceptors (Lipinski definition) is 4. The maximum atomic E-state index is 14.2. The van der Waals surface area contributed by atoms with E-state index in [1.807, 2.05) is 58.0 Å². The normalized spacial score (nSPS) is 14.4. The largest absolute Gasteiger partial charge is 0.352 e. The molecule has 0 unspecified atom stereocenters. The third-order valence-corrected chi connectivity index (χ3v) is 9.65. The number of amides is 2. The molecule has 3 aromatic carbocycles. The molecule has 0 aromatic heterocycles. The summed E-state index contributed by atoms with van der Waals surface area (Å²) >= 11 is 0. The predicted molar refractivity (Wildman–Crippen MR) is 163 cm³/mol. The van der Waals surface area contributed by atoms with Crippen molar-refractivity contribution in [1.29, 1.82) is 0 Å². The van der Waals surface area contributed by atoms with Gasteiger partial charge in [-0.2, -0.15) is 0 Å². The lowest BCUT2D eigenvalue weighted by molar-refractivity contribution is -0.140. The zero-order valence-electron chi connectivity index (χ0n) is 24.5. The summed E-state index contributed by atoms with van der Waals surface area (Å²) in [6, 6.07) is 20.9. The second-order valence-corrected chi connectivity index (χ2v) is 12.9. The molecule has 3 aromatic rings. The Kier molecular flexibility index (Phi) is 9.86. The molecule has 7 nitrogen and oxygen atoms in total. The minimum absolute atomic E-state index is 0.105. The molecule has 4 rings (SSSR count).